The van der Waals surface area contributed by atoms with E-state index in [4.69, 9.17) is 9.47 Å². The number of sulfonamides is 1. The second kappa shape index (κ2) is 7.98. The average Bonchev–Trinajstić information content (AvgIpc) is 2.41. The van der Waals surface area contributed by atoms with E-state index in [-0.39, 0.29) is 0 Å². The molecule has 0 unspecified atom stereocenters. The van der Waals surface area contributed by atoms with Crippen LogP contribution in [0.3, 0.4) is 0 Å². The van der Waals surface area contributed by atoms with Gasteiger partial charge >= 0.3 is 0 Å². The van der Waals surface area contributed by atoms with Crippen LogP contribution < -0.4 is 19.5 Å². The largest absolute Gasteiger partial charge is 0.481 e. The predicted molar refractivity (Wildman–Crippen MR) is 74.3 cm³/mol. The van der Waals surface area contributed by atoms with Crippen LogP contribution in [0.5, 0.6) is 11.8 Å². The van der Waals surface area contributed by atoms with Crippen molar-refractivity contribution < 1.29 is 17.9 Å². The van der Waals surface area contributed by atoms with E-state index >= 15 is 0 Å². The SMILES string of the molecule is COc1ncnc(OC)c1CNCCCNS(C)(=O)=O. The Morgan fingerprint density at radius 1 is 1.15 bits per heavy atom. The highest BCUT2D eigenvalue weighted by atomic mass is 32.2. The van der Waals surface area contributed by atoms with Gasteiger partial charge < -0.3 is 14.8 Å². The first-order valence-electron chi connectivity index (χ1n) is 6.05. The summed E-state index contributed by atoms with van der Waals surface area (Å²) in [5.74, 6) is 0.914. The van der Waals surface area contributed by atoms with Gasteiger partial charge in [0, 0.05) is 13.1 Å². The van der Waals surface area contributed by atoms with Gasteiger partial charge in [-0.1, -0.05) is 0 Å². The number of aromatic nitrogens is 2. The van der Waals surface area contributed by atoms with E-state index in [0.717, 1.165) is 11.8 Å². The first-order valence-corrected chi connectivity index (χ1v) is 7.94. The lowest BCUT2D eigenvalue weighted by atomic mass is 10.3. The smallest absolute Gasteiger partial charge is 0.224 e. The zero-order valence-electron chi connectivity index (χ0n) is 11.8. The summed E-state index contributed by atoms with van der Waals surface area (Å²) in [6, 6.07) is 0. The molecule has 1 aromatic rings. The van der Waals surface area contributed by atoms with E-state index in [9.17, 15) is 8.42 Å². The maximum atomic E-state index is 10.9. The summed E-state index contributed by atoms with van der Waals surface area (Å²) < 4.78 is 34.5. The molecule has 114 valence electrons. The van der Waals surface area contributed by atoms with Crippen molar-refractivity contribution in [3.63, 3.8) is 0 Å². The van der Waals surface area contributed by atoms with Gasteiger partial charge in [0.15, 0.2) is 0 Å². The summed E-state index contributed by atoms with van der Waals surface area (Å²) in [5.41, 5.74) is 0.730. The third-order valence-corrected chi connectivity index (χ3v) is 3.18. The number of methoxy groups -OCH3 is 2. The van der Waals surface area contributed by atoms with Crippen LogP contribution in [0, 0.1) is 0 Å². The van der Waals surface area contributed by atoms with E-state index in [1.165, 1.54) is 20.5 Å². The summed E-state index contributed by atoms with van der Waals surface area (Å²) in [4.78, 5) is 8.02. The molecule has 1 rings (SSSR count). The van der Waals surface area contributed by atoms with Crippen molar-refractivity contribution in [2.45, 2.75) is 13.0 Å². The minimum Gasteiger partial charge on any atom is -0.481 e. The summed E-state index contributed by atoms with van der Waals surface area (Å²) >= 11 is 0. The van der Waals surface area contributed by atoms with Crippen molar-refractivity contribution in [3.8, 4) is 11.8 Å². The molecule has 0 saturated carbocycles. The zero-order chi connectivity index (χ0) is 15.0. The molecular formula is C11H20N4O4S. The third-order valence-electron chi connectivity index (χ3n) is 2.45. The molecule has 0 spiro atoms. The lowest BCUT2D eigenvalue weighted by Crippen LogP contribution is -2.26. The molecule has 0 aromatic carbocycles. The minimum atomic E-state index is -3.12. The predicted octanol–water partition coefficient (Wildman–Crippen LogP) is -0.477. The fraction of sp³-hybridized carbons (Fsp3) is 0.636. The van der Waals surface area contributed by atoms with Crippen molar-refractivity contribution in [1.82, 2.24) is 20.0 Å². The molecule has 0 saturated heterocycles. The molecule has 0 aliphatic rings. The van der Waals surface area contributed by atoms with E-state index in [2.05, 4.69) is 20.0 Å². The zero-order valence-corrected chi connectivity index (χ0v) is 12.7. The number of hydrogen-bond acceptors (Lipinski definition) is 7. The van der Waals surface area contributed by atoms with Crippen molar-refractivity contribution >= 4 is 10.0 Å². The van der Waals surface area contributed by atoms with Gasteiger partial charge in [0.25, 0.3) is 0 Å². The number of ether oxygens (including phenoxy) is 2. The summed E-state index contributed by atoms with van der Waals surface area (Å²) in [5, 5.41) is 3.16. The van der Waals surface area contributed by atoms with Gasteiger partial charge in [-0.05, 0) is 13.0 Å². The van der Waals surface area contributed by atoms with Crippen LogP contribution in [-0.2, 0) is 16.6 Å². The quantitative estimate of drug-likeness (QED) is 0.594. The first kappa shape index (κ1) is 16.6. The molecular weight excluding hydrogens is 284 g/mol. The fourth-order valence-corrected chi connectivity index (χ4v) is 2.08. The van der Waals surface area contributed by atoms with Gasteiger partial charge in [0.1, 0.15) is 6.33 Å². The Balaban J connectivity index is 2.42. The Kier molecular flexibility index (Phi) is 6.62. The van der Waals surface area contributed by atoms with E-state index in [0.29, 0.717) is 37.8 Å². The highest BCUT2D eigenvalue weighted by molar-refractivity contribution is 7.88. The number of nitrogens with one attached hydrogen (secondary N) is 2. The Labute approximate surface area is 119 Å². The third kappa shape index (κ3) is 5.68. The maximum absolute atomic E-state index is 10.9. The van der Waals surface area contributed by atoms with Crippen molar-refractivity contribution in [3.05, 3.63) is 11.9 Å². The molecule has 0 aliphatic carbocycles. The monoisotopic (exact) mass is 304 g/mol. The molecule has 0 bridgehead atoms. The van der Waals surface area contributed by atoms with Gasteiger partial charge in [-0.25, -0.2) is 23.1 Å². The number of nitrogens with zero attached hydrogens (tertiary/aromatic N) is 2. The van der Waals surface area contributed by atoms with Crippen molar-refractivity contribution in [1.29, 1.82) is 0 Å². The number of hydrogen-bond donors (Lipinski definition) is 2. The second-order valence-electron chi connectivity index (χ2n) is 4.07. The van der Waals surface area contributed by atoms with Crippen LogP contribution in [0.15, 0.2) is 6.33 Å². The lowest BCUT2D eigenvalue weighted by molar-refractivity contribution is 0.359. The lowest BCUT2D eigenvalue weighted by Gasteiger charge is -2.11. The minimum absolute atomic E-state index is 0.394. The molecule has 1 aromatic heterocycles. The average molecular weight is 304 g/mol. The van der Waals surface area contributed by atoms with E-state index < -0.39 is 10.0 Å². The van der Waals surface area contributed by atoms with Crippen molar-refractivity contribution in [2.75, 3.05) is 33.6 Å². The van der Waals surface area contributed by atoms with E-state index in [1.807, 2.05) is 0 Å². The molecule has 1 heterocycles. The highest BCUT2D eigenvalue weighted by Gasteiger charge is 2.11. The molecule has 0 fully saturated rings. The van der Waals surface area contributed by atoms with Crippen molar-refractivity contribution in [2.24, 2.45) is 0 Å². The van der Waals surface area contributed by atoms with Crippen LogP contribution in [-0.4, -0.2) is 52.0 Å². The summed E-state index contributed by atoms with van der Waals surface area (Å²) in [6.07, 6.45) is 3.18. The number of rotatable bonds is 9. The Hall–Kier alpha value is -1.45. The highest BCUT2D eigenvalue weighted by Crippen LogP contribution is 2.22. The van der Waals surface area contributed by atoms with Crippen LogP contribution >= 0.6 is 0 Å². The van der Waals surface area contributed by atoms with Gasteiger partial charge in [-0.2, -0.15) is 0 Å². The molecule has 0 atom stereocenters. The molecule has 0 aliphatic heterocycles. The van der Waals surface area contributed by atoms with Crippen LogP contribution in [0.25, 0.3) is 0 Å². The van der Waals surface area contributed by atoms with Gasteiger partial charge in [0.2, 0.25) is 21.8 Å². The second-order valence-corrected chi connectivity index (χ2v) is 5.90. The normalized spacial score (nSPS) is 11.3. The van der Waals surface area contributed by atoms with Gasteiger partial charge in [0.05, 0.1) is 26.0 Å². The molecule has 9 heteroatoms. The van der Waals surface area contributed by atoms with Crippen LogP contribution in [0.1, 0.15) is 12.0 Å². The topological polar surface area (TPSA) is 102 Å². The van der Waals surface area contributed by atoms with Crippen LogP contribution in [0.4, 0.5) is 0 Å². The maximum Gasteiger partial charge on any atom is 0.224 e. The van der Waals surface area contributed by atoms with Crippen LogP contribution in [0.2, 0.25) is 0 Å². The molecule has 0 radical (unpaired) electrons. The molecule has 0 amide bonds. The van der Waals surface area contributed by atoms with Gasteiger partial charge in [-0.15, -0.1) is 0 Å². The summed E-state index contributed by atoms with van der Waals surface area (Å²) in [7, 11) is -0.0645. The first-order chi connectivity index (χ1) is 9.48. The van der Waals surface area contributed by atoms with E-state index in [1.54, 1.807) is 0 Å². The molecule has 20 heavy (non-hydrogen) atoms. The Bertz CT molecular complexity index is 499. The molecule has 2 N–H and O–H groups in total. The summed E-state index contributed by atoms with van der Waals surface area (Å²) in [6.45, 7) is 1.52. The molecule has 8 nitrogen and oxygen atoms in total. The fourth-order valence-electron chi connectivity index (χ4n) is 1.57. The van der Waals surface area contributed by atoms with Gasteiger partial charge in [-0.3, -0.25) is 0 Å². The Morgan fingerprint density at radius 2 is 1.75 bits per heavy atom. The standard InChI is InChI=1S/C11H20N4O4S/c1-18-10-9(11(19-2)14-8-13-10)7-12-5-4-6-15-20(3,16)17/h8,12,15H,4-7H2,1-3H3. The Morgan fingerprint density at radius 3 is 2.25 bits per heavy atom.